The molecule has 1 N–H and O–H groups in total. The highest BCUT2D eigenvalue weighted by molar-refractivity contribution is 14.1. The number of benzene rings is 3. The largest absolute Gasteiger partial charge is 0.481 e. The molecule has 0 amide bonds. The monoisotopic (exact) mass is 760 g/mol. The fraction of sp³-hybridized carbons (Fsp3) is 0.387. The van der Waals surface area contributed by atoms with E-state index in [1.54, 1.807) is 12.1 Å². The minimum Gasteiger partial charge on any atom is -0.481 e. The van der Waals surface area contributed by atoms with Crippen LogP contribution in [0.5, 0.6) is 11.5 Å². The molecule has 5 nitrogen and oxygen atoms in total. The first-order chi connectivity index (χ1) is 18.2. The van der Waals surface area contributed by atoms with Crippen molar-refractivity contribution in [3.05, 3.63) is 89.3 Å². The first kappa shape index (κ1) is 31.8. The second kappa shape index (κ2) is 13.3. The van der Waals surface area contributed by atoms with Crippen LogP contribution in [0.2, 0.25) is 0 Å². The molecule has 0 aliphatic carbocycles. The number of carboxylic acids is 1. The van der Waals surface area contributed by atoms with E-state index < -0.39 is 17.2 Å². The Morgan fingerprint density at radius 3 is 2.15 bits per heavy atom. The van der Waals surface area contributed by atoms with Gasteiger partial charge in [-0.1, -0.05) is 18.2 Å². The van der Waals surface area contributed by atoms with E-state index in [-0.39, 0.29) is 12.2 Å². The van der Waals surface area contributed by atoms with E-state index >= 15 is 0 Å². The summed E-state index contributed by atoms with van der Waals surface area (Å²) >= 11 is 4.52. The third-order valence-electron chi connectivity index (χ3n) is 6.44. The molecule has 3 aromatic rings. The van der Waals surface area contributed by atoms with Crippen molar-refractivity contribution in [2.45, 2.75) is 72.2 Å². The molecule has 39 heavy (non-hydrogen) atoms. The van der Waals surface area contributed by atoms with Crippen LogP contribution in [0.15, 0.2) is 48.5 Å². The van der Waals surface area contributed by atoms with E-state index in [4.69, 9.17) is 19.3 Å². The normalized spacial score (nSPS) is 12.0. The third kappa shape index (κ3) is 9.12. The molecule has 8 heteroatoms. The molecular weight excluding hydrogens is 725 g/mol. The van der Waals surface area contributed by atoms with Crippen molar-refractivity contribution in [2.24, 2.45) is 0 Å². The molecule has 210 valence electrons. The molecule has 0 fully saturated rings. The average Bonchev–Trinajstić information content (AvgIpc) is 2.80. The van der Waals surface area contributed by atoms with E-state index in [9.17, 15) is 9.18 Å². The summed E-state index contributed by atoms with van der Waals surface area (Å²) in [5.74, 6) is 0.338. The lowest BCUT2D eigenvalue weighted by Gasteiger charge is -2.32. The topological polar surface area (TPSA) is 65.0 Å². The average molecular weight is 760 g/mol. The summed E-state index contributed by atoms with van der Waals surface area (Å²) in [4.78, 5) is 11.1. The molecule has 3 rings (SSSR count). The van der Waals surface area contributed by atoms with E-state index in [0.29, 0.717) is 19.6 Å². The number of carboxylic acid groups (broad SMARTS) is 1. The zero-order valence-electron chi connectivity index (χ0n) is 23.2. The SMILES string of the molecule is Cc1cc(CC(=O)O)cc(I)c1Oc1cc(C)c(C(C)(C)OCCC(C)(C)OCc2ccc(F)cc2)c(I)c1. The number of hydrogen-bond donors (Lipinski definition) is 1. The van der Waals surface area contributed by atoms with Gasteiger partial charge in [-0.3, -0.25) is 4.79 Å². The Hall–Kier alpha value is -1.76. The van der Waals surface area contributed by atoms with Gasteiger partial charge in [0, 0.05) is 3.57 Å². The molecule has 0 heterocycles. The second-order valence-electron chi connectivity index (χ2n) is 10.8. The molecule has 0 atom stereocenters. The van der Waals surface area contributed by atoms with Crippen molar-refractivity contribution in [1.29, 1.82) is 0 Å². The fourth-order valence-corrected chi connectivity index (χ4v) is 6.73. The predicted molar refractivity (Wildman–Crippen MR) is 168 cm³/mol. The van der Waals surface area contributed by atoms with Gasteiger partial charge in [0.1, 0.15) is 17.3 Å². The summed E-state index contributed by atoms with van der Waals surface area (Å²) in [5.41, 5.74) is 3.80. The highest BCUT2D eigenvalue weighted by Crippen LogP contribution is 2.38. The molecule has 0 saturated heterocycles. The standard InChI is InChI=1S/C31H35FI2O5/c1-19-14-24(39-29-20(2)13-22(15-26(29)34)16-27(35)36)17-25(33)28(19)31(5,6)37-12-11-30(3,4)38-18-21-7-9-23(32)10-8-21/h7-10,13-15,17H,11-12,16,18H2,1-6H3,(H,35,36). The lowest BCUT2D eigenvalue weighted by molar-refractivity contribution is -0.136. The summed E-state index contributed by atoms with van der Waals surface area (Å²) in [7, 11) is 0. The van der Waals surface area contributed by atoms with Crippen molar-refractivity contribution in [1.82, 2.24) is 0 Å². The van der Waals surface area contributed by atoms with Crippen LogP contribution in [-0.4, -0.2) is 23.3 Å². The van der Waals surface area contributed by atoms with Crippen molar-refractivity contribution in [3.8, 4) is 11.5 Å². The van der Waals surface area contributed by atoms with Gasteiger partial charge in [-0.15, -0.1) is 0 Å². The number of rotatable bonds is 12. The zero-order chi connectivity index (χ0) is 29.0. The van der Waals surface area contributed by atoms with E-state index in [1.807, 2.05) is 45.0 Å². The second-order valence-corrected chi connectivity index (χ2v) is 13.1. The molecule has 0 spiro atoms. The van der Waals surface area contributed by atoms with Crippen molar-refractivity contribution < 1.29 is 28.5 Å². The third-order valence-corrected chi connectivity index (χ3v) is 8.09. The van der Waals surface area contributed by atoms with E-state index in [0.717, 1.165) is 46.5 Å². The maximum absolute atomic E-state index is 13.2. The molecule has 0 saturated carbocycles. The number of carbonyl (C=O) groups is 1. The van der Waals surface area contributed by atoms with Gasteiger partial charge in [-0.25, -0.2) is 4.39 Å². The highest BCUT2D eigenvalue weighted by Gasteiger charge is 2.28. The number of ether oxygens (including phenoxy) is 3. The quantitative estimate of drug-likeness (QED) is 0.187. The Balaban J connectivity index is 1.66. The number of aliphatic carboxylic acids is 1. The summed E-state index contributed by atoms with van der Waals surface area (Å²) in [6, 6.07) is 14.1. The molecule has 0 aromatic heterocycles. The number of halogens is 3. The molecule has 0 aliphatic heterocycles. The van der Waals surface area contributed by atoms with Crippen LogP contribution in [0, 0.1) is 26.8 Å². The van der Waals surface area contributed by atoms with Crippen LogP contribution in [0.4, 0.5) is 4.39 Å². The lowest BCUT2D eigenvalue weighted by atomic mass is 9.93. The van der Waals surface area contributed by atoms with Gasteiger partial charge < -0.3 is 19.3 Å². The van der Waals surface area contributed by atoms with E-state index in [1.165, 1.54) is 12.1 Å². The fourth-order valence-electron chi connectivity index (χ4n) is 4.42. The molecule has 3 aromatic carbocycles. The molecular formula is C31H35FI2O5. The van der Waals surface area contributed by atoms with Gasteiger partial charge in [0.15, 0.2) is 0 Å². The first-order valence-corrected chi connectivity index (χ1v) is 14.8. The van der Waals surface area contributed by atoms with Crippen LogP contribution in [0.3, 0.4) is 0 Å². The van der Waals surface area contributed by atoms with Crippen LogP contribution < -0.4 is 4.74 Å². The number of aryl methyl sites for hydroxylation is 2. The summed E-state index contributed by atoms with van der Waals surface area (Å²) < 4.78 is 33.8. The summed E-state index contributed by atoms with van der Waals surface area (Å²) in [5, 5.41) is 9.11. The number of hydrogen-bond acceptors (Lipinski definition) is 4. The molecule has 0 radical (unpaired) electrons. The maximum atomic E-state index is 13.2. The van der Waals surface area contributed by atoms with Crippen LogP contribution in [0.25, 0.3) is 0 Å². The summed E-state index contributed by atoms with van der Waals surface area (Å²) in [6.45, 7) is 13.1. The Labute approximate surface area is 257 Å². The Morgan fingerprint density at radius 1 is 0.897 bits per heavy atom. The summed E-state index contributed by atoms with van der Waals surface area (Å²) in [6.07, 6.45) is 0.680. The lowest BCUT2D eigenvalue weighted by Crippen LogP contribution is -2.30. The maximum Gasteiger partial charge on any atom is 0.307 e. The van der Waals surface area contributed by atoms with Crippen molar-refractivity contribution >= 4 is 51.2 Å². The molecule has 0 aliphatic rings. The van der Waals surface area contributed by atoms with Crippen LogP contribution in [0.1, 0.15) is 61.9 Å². The van der Waals surface area contributed by atoms with E-state index in [2.05, 4.69) is 66.0 Å². The molecule has 0 unspecified atom stereocenters. The Bertz CT molecular complexity index is 1270. The Morgan fingerprint density at radius 2 is 1.56 bits per heavy atom. The van der Waals surface area contributed by atoms with Crippen LogP contribution in [-0.2, 0) is 32.9 Å². The van der Waals surface area contributed by atoms with Crippen molar-refractivity contribution in [3.63, 3.8) is 0 Å². The minimum absolute atomic E-state index is 0.0184. The first-order valence-electron chi connectivity index (χ1n) is 12.7. The van der Waals surface area contributed by atoms with Gasteiger partial charge in [-0.05, 0) is 151 Å². The van der Waals surface area contributed by atoms with Gasteiger partial charge >= 0.3 is 5.97 Å². The zero-order valence-corrected chi connectivity index (χ0v) is 27.5. The van der Waals surface area contributed by atoms with Gasteiger partial charge in [-0.2, -0.15) is 0 Å². The van der Waals surface area contributed by atoms with Gasteiger partial charge in [0.05, 0.1) is 34.4 Å². The smallest absolute Gasteiger partial charge is 0.307 e. The van der Waals surface area contributed by atoms with Gasteiger partial charge in [0.2, 0.25) is 0 Å². The Kier molecular flexibility index (Phi) is 10.8. The van der Waals surface area contributed by atoms with Crippen molar-refractivity contribution in [2.75, 3.05) is 6.61 Å². The van der Waals surface area contributed by atoms with Gasteiger partial charge in [0.25, 0.3) is 0 Å². The highest BCUT2D eigenvalue weighted by atomic mass is 127. The molecule has 0 bridgehead atoms. The minimum atomic E-state index is -0.856. The van der Waals surface area contributed by atoms with Crippen LogP contribution >= 0.6 is 45.2 Å². The predicted octanol–water partition coefficient (Wildman–Crippen LogP) is 8.71.